The van der Waals surface area contributed by atoms with Crippen LogP contribution in [0.3, 0.4) is 0 Å². The first-order chi connectivity index (χ1) is 3.66. The summed E-state index contributed by atoms with van der Waals surface area (Å²) in [7, 11) is 0. The van der Waals surface area contributed by atoms with E-state index < -0.39 is 12.2 Å². The van der Waals surface area contributed by atoms with Gasteiger partial charge in [-0.3, -0.25) is 4.79 Å². The summed E-state index contributed by atoms with van der Waals surface area (Å²) in [6.45, 7) is 2.80. The summed E-state index contributed by atoms with van der Waals surface area (Å²) < 4.78 is 4.41. The van der Waals surface area contributed by atoms with Crippen molar-refractivity contribution >= 4 is 5.97 Å². The molecule has 8 heavy (non-hydrogen) atoms. The van der Waals surface area contributed by atoms with Crippen LogP contribution in [0.1, 0.15) is 13.8 Å². The Labute approximate surface area is 47.3 Å². The number of esters is 1. The van der Waals surface area contributed by atoms with Gasteiger partial charge in [-0.1, -0.05) is 0 Å². The van der Waals surface area contributed by atoms with Crippen molar-refractivity contribution in [3.05, 3.63) is 0 Å². The zero-order valence-corrected chi connectivity index (χ0v) is 4.84. The molecule has 4 nitrogen and oxygen atoms in total. The van der Waals surface area contributed by atoms with Gasteiger partial charge in [0.15, 0.2) is 0 Å². The molecule has 0 saturated heterocycles. The summed E-state index contributed by atoms with van der Waals surface area (Å²) in [4.78, 5) is 10.0. The normalized spacial score (nSPS) is 12.2. The van der Waals surface area contributed by atoms with E-state index in [-0.39, 0.29) is 0 Å². The van der Waals surface area contributed by atoms with E-state index in [1.807, 2.05) is 0 Å². The maximum atomic E-state index is 10.0. The fourth-order valence-corrected chi connectivity index (χ4v) is 0.267. The molecule has 0 aromatic carbocycles. The van der Waals surface area contributed by atoms with Crippen molar-refractivity contribution in [2.75, 3.05) is 0 Å². The minimum absolute atomic E-state index is 0.409. The van der Waals surface area contributed by atoms with Crippen LogP contribution in [0.4, 0.5) is 0 Å². The summed E-state index contributed by atoms with van der Waals surface area (Å²) in [5, 5.41) is 2.94. The van der Waals surface area contributed by atoms with Crippen LogP contribution in [0, 0.1) is 5.53 Å². The number of hydrogen-bond donors (Lipinski definition) is 1. The number of nitrogens with zero attached hydrogens (tertiary/aromatic N) is 1. The first kappa shape index (κ1) is 7.07. The molecule has 46 valence electrons. The van der Waals surface area contributed by atoms with E-state index in [4.69, 9.17) is 5.53 Å². The highest BCUT2D eigenvalue weighted by molar-refractivity contribution is 5.66. The average Bonchev–Trinajstić information content (AvgIpc) is 1.65. The summed E-state index contributed by atoms with van der Waals surface area (Å²) in [5.74, 6) is -0.409. The largest absolute Gasteiger partial charge is 0.439 e. The summed E-state index contributed by atoms with van der Waals surface area (Å²) in [6.07, 6.45) is -0.632. The minimum atomic E-state index is -0.632. The molecule has 0 spiro atoms. The molecule has 0 bridgehead atoms. The number of hydrogen-bond acceptors (Lipinski definition) is 4. The van der Waals surface area contributed by atoms with Gasteiger partial charge in [-0.25, -0.2) is 5.53 Å². The van der Waals surface area contributed by atoms with E-state index in [0.29, 0.717) is 0 Å². The lowest BCUT2D eigenvalue weighted by atomic mass is 10.7. The Balaban J connectivity index is 3.38. The molecule has 0 aliphatic carbocycles. The Kier molecular flexibility index (Phi) is 2.76. The maximum Gasteiger partial charge on any atom is 0.304 e. The predicted octanol–water partition coefficient (Wildman–Crippen LogP) is 0.926. The van der Waals surface area contributed by atoms with Crippen molar-refractivity contribution in [2.45, 2.75) is 20.1 Å². The van der Waals surface area contributed by atoms with Crippen molar-refractivity contribution in [1.29, 1.82) is 5.53 Å². The lowest BCUT2D eigenvalue weighted by Gasteiger charge is -2.01. The zero-order valence-electron chi connectivity index (χ0n) is 4.84. The highest BCUT2D eigenvalue weighted by Crippen LogP contribution is 1.89. The van der Waals surface area contributed by atoms with Crippen molar-refractivity contribution < 1.29 is 9.53 Å². The quantitative estimate of drug-likeness (QED) is 0.430. The molecular formula is C4H8N2O2. The van der Waals surface area contributed by atoms with Gasteiger partial charge in [-0.15, -0.1) is 0 Å². The lowest BCUT2D eigenvalue weighted by Crippen LogP contribution is -2.07. The molecular weight excluding hydrogens is 108 g/mol. The fraction of sp³-hybridized carbons (Fsp3) is 0.750. The van der Waals surface area contributed by atoms with Gasteiger partial charge in [0.1, 0.15) is 0 Å². The molecule has 0 radical (unpaired) electrons. The van der Waals surface area contributed by atoms with E-state index in [2.05, 4.69) is 9.85 Å². The van der Waals surface area contributed by atoms with Crippen LogP contribution in [-0.2, 0) is 9.53 Å². The number of carbonyl (C=O) groups is 1. The maximum absolute atomic E-state index is 10.0. The van der Waals surface area contributed by atoms with Gasteiger partial charge in [0.25, 0.3) is 0 Å². The second-order valence-electron chi connectivity index (χ2n) is 1.34. The van der Waals surface area contributed by atoms with E-state index in [9.17, 15) is 4.79 Å². The Hall–Kier alpha value is -0.930. The fourth-order valence-electron chi connectivity index (χ4n) is 0.267. The van der Waals surface area contributed by atoms with Crippen LogP contribution >= 0.6 is 0 Å². The molecule has 4 heteroatoms. The van der Waals surface area contributed by atoms with Crippen LogP contribution in [-0.4, -0.2) is 12.2 Å². The molecule has 0 fully saturated rings. The van der Waals surface area contributed by atoms with Crippen LogP contribution in [0.25, 0.3) is 0 Å². The van der Waals surface area contributed by atoms with Gasteiger partial charge < -0.3 is 4.74 Å². The zero-order chi connectivity index (χ0) is 6.57. The molecule has 0 heterocycles. The standard InChI is InChI=1S/C4H8N2O2/c1-3(6-5)8-4(2)7/h3,5H,1-2H3. The number of rotatable bonds is 2. The Morgan fingerprint density at radius 3 is 2.50 bits per heavy atom. The second-order valence-corrected chi connectivity index (χ2v) is 1.34. The number of nitrogens with one attached hydrogen (secondary N) is 1. The van der Waals surface area contributed by atoms with Gasteiger partial charge in [-0.2, -0.15) is 5.11 Å². The molecule has 0 amide bonds. The molecule has 0 aromatic rings. The summed E-state index contributed by atoms with van der Waals surface area (Å²) in [6, 6.07) is 0. The van der Waals surface area contributed by atoms with E-state index in [1.54, 1.807) is 0 Å². The van der Waals surface area contributed by atoms with Gasteiger partial charge in [0.2, 0.25) is 6.23 Å². The van der Waals surface area contributed by atoms with E-state index in [1.165, 1.54) is 13.8 Å². The summed E-state index contributed by atoms with van der Waals surface area (Å²) >= 11 is 0. The van der Waals surface area contributed by atoms with Crippen LogP contribution in [0.5, 0.6) is 0 Å². The monoisotopic (exact) mass is 116 g/mol. The highest BCUT2D eigenvalue weighted by Gasteiger charge is 1.98. The van der Waals surface area contributed by atoms with Crippen molar-refractivity contribution in [3.63, 3.8) is 0 Å². The molecule has 1 atom stereocenters. The Bertz CT molecular complexity index is 102. The third kappa shape index (κ3) is 3.27. The highest BCUT2D eigenvalue weighted by atomic mass is 16.6. The first-order valence-corrected chi connectivity index (χ1v) is 2.20. The van der Waals surface area contributed by atoms with Gasteiger partial charge in [0.05, 0.1) is 0 Å². The third-order valence-electron chi connectivity index (χ3n) is 0.518. The molecule has 0 aromatic heterocycles. The number of carbonyl (C=O) groups excluding carboxylic acids is 1. The average molecular weight is 116 g/mol. The first-order valence-electron chi connectivity index (χ1n) is 2.20. The van der Waals surface area contributed by atoms with Gasteiger partial charge in [-0.05, 0) is 6.92 Å². The van der Waals surface area contributed by atoms with E-state index >= 15 is 0 Å². The topological polar surface area (TPSA) is 62.5 Å². The SMILES string of the molecule is CC(=O)OC(C)N=N. The van der Waals surface area contributed by atoms with Crippen molar-refractivity contribution in [1.82, 2.24) is 0 Å². The predicted molar refractivity (Wildman–Crippen MR) is 26.4 cm³/mol. The van der Waals surface area contributed by atoms with Gasteiger partial charge >= 0.3 is 5.97 Å². The summed E-state index contributed by atoms with van der Waals surface area (Å²) in [5.41, 5.74) is 6.35. The second kappa shape index (κ2) is 3.12. The molecule has 0 aliphatic rings. The van der Waals surface area contributed by atoms with Crippen molar-refractivity contribution in [3.8, 4) is 0 Å². The Morgan fingerprint density at radius 2 is 2.38 bits per heavy atom. The van der Waals surface area contributed by atoms with E-state index in [0.717, 1.165) is 0 Å². The Morgan fingerprint density at radius 1 is 1.88 bits per heavy atom. The molecule has 0 rings (SSSR count). The van der Waals surface area contributed by atoms with Crippen LogP contribution in [0.15, 0.2) is 5.11 Å². The molecule has 0 saturated carbocycles. The van der Waals surface area contributed by atoms with Crippen LogP contribution < -0.4 is 0 Å². The van der Waals surface area contributed by atoms with Gasteiger partial charge in [0, 0.05) is 6.92 Å². The molecule has 0 aliphatic heterocycles. The lowest BCUT2D eigenvalue weighted by molar-refractivity contribution is -0.145. The van der Waals surface area contributed by atoms with Crippen molar-refractivity contribution in [2.24, 2.45) is 5.11 Å². The smallest absolute Gasteiger partial charge is 0.304 e. The third-order valence-corrected chi connectivity index (χ3v) is 0.518. The molecule has 1 unspecified atom stereocenters. The number of ether oxygens (including phenoxy) is 1. The molecule has 1 N–H and O–H groups in total. The van der Waals surface area contributed by atoms with Crippen LogP contribution in [0.2, 0.25) is 0 Å². The minimum Gasteiger partial charge on any atom is -0.439 e.